The number of hydrogen-bond donors (Lipinski definition) is 4. The fourth-order valence-electron chi connectivity index (χ4n) is 2.52. The Balaban J connectivity index is 2.03. The van der Waals surface area contributed by atoms with E-state index < -0.39 is 0 Å². The molecular formula is C12H21N5O. The Morgan fingerprint density at radius 1 is 1.39 bits per heavy atom. The fraction of sp³-hybridized carbons (Fsp3) is 0.667. The number of hydrazine groups is 1. The van der Waals surface area contributed by atoms with Gasteiger partial charge in [-0.15, -0.1) is 0 Å². The van der Waals surface area contributed by atoms with Crippen molar-refractivity contribution in [1.82, 2.24) is 9.97 Å². The topological polar surface area (TPSA) is 96.1 Å². The van der Waals surface area contributed by atoms with E-state index in [0.29, 0.717) is 5.95 Å². The third kappa shape index (κ3) is 2.88. The fourth-order valence-corrected chi connectivity index (χ4v) is 2.52. The van der Waals surface area contributed by atoms with Crippen LogP contribution >= 0.6 is 0 Å². The van der Waals surface area contributed by atoms with Gasteiger partial charge in [-0.05, 0) is 19.8 Å². The summed E-state index contributed by atoms with van der Waals surface area (Å²) in [7, 11) is 0. The summed E-state index contributed by atoms with van der Waals surface area (Å²) >= 11 is 0. The lowest BCUT2D eigenvalue weighted by Crippen LogP contribution is -2.31. The van der Waals surface area contributed by atoms with Gasteiger partial charge in [0.2, 0.25) is 5.95 Å². The van der Waals surface area contributed by atoms with Crippen LogP contribution in [-0.2, 0) is 0 Å². The Morgan fingerprint density at radius 3 is 2.72 bits per heavy atom. The average molecular weight is 251 g/mol. The minimum atomic E-state index is 0.00909. The molecule has 0 aliphatic heterocycles. The predicted molar refractivity (Wildman–Crippen MR) is 71.1 cm³/mol. The summed E-state index contributed by atoms with van der Waals surface area (Å²) in [6, 6.07) is 1.88. The number of nitrogens with two attached hydrogens (primary N) is 1. The molecule has 1 aromatic heterocycles. The number of anilines is 2. The molecule has 1 aliphatic rings. The van der Waals surface area contributed by atoms with Crippen LogP contribution in [0.25, 0.3) is 0 Å². The van der Waals surface area contributed by atoms with E-state index in [1.165, 1.54) is 12.8 Å². The van der Waals surface area contributed by atoms with E-state index in [1.54, 1.807) is 0 Å². The molecule has 6 heteroatoms. The van der Waals surface area contributed by atoms with Crippen LogP contribution in [0.2, 0.25) is 0 Å². The Labute approximate surface area is 107 Å². The molecule has 18 heavy (non-hydrogen) atoms. The number of nitrogen functional groups attached to an aromatic ring is 1. The van der Waals surface area contributed by atoms with Crippen LogP contribution in [0, 0.1) is 12.3 Å². The van der Waals surface area contributed by atoms with Gasteiger partial charge in [0.1, 0.15) is 5.82 Å². The van der Waals surface area contributed by atoms with Gasteiger partial charge >= 0.3 is 0 Å². The molecule has 1 saturated carbocycles. The highest BCUT2D eigenvalue weighted by Gasteiger charge is 2.32. The molecule has 2 rings (SSSR count). The van der Waals surface area contributed by atoms with Crippen molar-refractivity contribution in [2.45, 2.75) is 32.6 Å². The van der Waals surface area contributed by atoms with Crippen molar-refractivity contribution in [2.75, 3.05) is 23.9 Å². The van der Waals surface area contributed by atoms with Gasteiger partial charge in [0.15, 0.2) is 0 Å². The number of aromatic nitrogens is 2. The molecule has 1 aromatic rings. The van der Waals surface area contributed by atoms with E-state index in [4.69, 9.17) is 5.84 Å². The first-order chi connectivity index (χ1) is 8.67. The van der Waals surface area contributed by atoms with E-state index in [9.17, 15) is 5.11 Å². The van der Waals surface area contributed by atoms with Gasteiger partial charge in [0, 0.05) is 23.7 Å². The lowest BCUT2D eigenvalue weighted by molar-refractivity contribution is 0.142. The molecule has 1 aliphatic carbocycles. The molecule has 0 aromatic carbocycles. The summed E-state index contributed by atoms with van der Waals surface area (Å²) in [4.78, 5) is 8.37. The van der Waals surface area contributed by atoms with E-state index in [2.05, 4.69) is 20.7 Å². The van der Waals surface area contributed by atoms with Crippen LogP contribution in [0.5, 0.6) is 0 Å². The molecule has 0 bridgehead atoms. The molecule has 0 spiro atoms. The van der Waals surface area contributed by atoms with Crippen molar-refractivity contribution in [3.05, 3.63) is 11.8 Å². The molecule has 1 heterocycles. The van der Waals surface area contributed by atoms with Crippen LogP contribution < -0.4 is 16.6 Å². The van der Waals surface area contributed by atoms with E-state index in [1.807, 2.05) is 13.0 Å². The molecule has 1 fully saturated rings. The second-order valence-electron chi connectivity index (χ2n) is 5.08. The molecule has 100 valence electrons. The maximum Gasteiger partial charge on any atom is 0.239 e. The maximum absolute atomic E-state index is 9.54. The lowest BCUT2D eigenvalue weighted by atomic mass is 9.87. The Hall–Kier alpha value is -1.40. The minimum absolute atomic E-state index is 0.00909. The molecule has 5 N–H and O–H groups in total. The highest BCUT2D eigenvalue weighted by atomic mass is 16.3. The summed E-state index contributed by atoms with van der Waals surface area (Å²) in [5, 5.41) is 12.8. The Bertz CT molecular complexity index is 403. The summed E-state index contributed by atoms with van der Waals surface area (Å²) in [5.74, 6) is 6.47. The molecule has 0 radical (unpaired) electrons. The number of nitrogens with zero attached hydrogens (tertiary/aromatic N) is 2. The van der Waals surface area contributed by atoms with Gasteiger partial charge in [-0.1, -0.05) is 12.8 Å². The second kappa shape index (κ2) is 5.49. The zero-order valence-corrected chi connectivity index (χ0v) is 10.7. The zero-order valence-electron chi connectivity index (χ0n) is 10.7. The Kier molecular flexibility index (Phi) is 3.98. The van der Waals surface area contributed by atoms with Crippen molar-refractivity contribution < 1.29 is 5.11 Å². The zero-order chi connectivity index (χ0) is 13.0. The van der Waals surface area contributed by atoms with Gasteiger partial charge < -0.3 is 10.4 Å². The monoisotopic (exact) mass is 251 g/mol. The number of aliphatic hydroxyl groups excluding tert-OH is 1. The van der Waals surface area contributed by atoms with Crippen molar-refractivity contribution in [3.8, 4) is 0 Å². The first-order valence-corrected chi connectivity index (χ1v) is 6.34. The summed E-state index contributed by atoms with van der Waals surface area (Å²) in [5.41, 5.74) is 3.31. The number of hydrogen-bond acceptors (Lipinski definition) is 6. The highest BCUT2D eigenvalue weighted by molar-refractivity contribution is 5.41. The smallest absolute Gasteiger partial charge is 0.239 e. The number of nitrogens with one attached hydrogen (secondary N) is 2. The van der Waals surface area contributed by atoms with Crippen LogP contribution in [0.15, 0.2) is 6.07 Å². The van der Waals surface area contributed by atoms with Crippen LogP contribution in [0.4, 0.5) is 11.8 Å². The highest BCUT2D eigenvalue weighted by Crippen LogP contribution is 2.37. The standard InChI is InChI=1S/C12H21N5O/c1-9-6-10(16-11(15-9)17-13)14-7-12(8-18)4-2-3-5-12/h6,18H,2-5,7-8,13H2,1H3,(H2,14,15,16,17). The number of aliphatic hydroxyl groups is 1. The summed E-state index contributed by atoms with van der Waals surface area (Å²) < 4.78 is 0. The first kappa shape index (κ1) is 13.0. The molecular weight excluding hydrogens is 230 g/mol. The molecule has 0 unspecified atom stereocenters. The molecule has 6 nitrogen and oxygen atoms in total. The van der Waals surface area contributed by atoms with Crippen molar-refractivity contribution in [2.24, 2.45) is 11.3 Å². The summed E-state index contributed by atoms with van der Waals surface area (Å²) in [6.45, 7) is 2.86. The van der Waals surface area contributed by atoms with E-state index in [0.717, 1.165) is 30.9 Å². The van der Waals surface area contributed by atoms with Gasteiger partial charge in [0.25, 0.3) is 0 Å². The van der Waals surface area contributed by atoms with Crippen molar-refractivity contribution in [3.63, 3.8) is 0 Å². The summed E-state index contributed by atoms with van der Waals surface area (Å²) in [6.07, 6.45) is 4.53. The predicted octanol–water partition coefficient (Wildman–Crippen LogP) is 1.04. The number of rotatable bonds is 5. The Morgan fingerprint density at radius 2 is 2.11 bits per heavy atom. The van der Waals surface area contributed by atoms with E-state index in [-0.39, 0.29) is 12.0 Å². The first-order valence-electron chi connectivity index (χ1n) is 6.34. The molecule has 0 atom stereocenters. The average Bonchev–Trinajstić information content (AvgIpc) is 2.85. The third-order valence-electron chi connectivity index (χ3n) is 3.63. The molecule has 0 amide bonds. The normalized spacial score (nSPS) is 17.7. The van der Waals surface area contributed by atoms with Gasteiger partial charge in [-0.3, -0.25) is 5.43 Å². The van der Waals surface area contributed by atoms with Crippen LogP contribution in [-0.4, -0.2) is 28.2 Å². The second-order valence-corrected chi connectivity index (χ2v) is 5.08. The minimum Gasteiger partial charge on any atom is -0.396 e. The van der Waals surface area contributed by atoms with E-state index >= 15 is 0 Å². The third-order valence-corrected chi connectivity index (χ3v) is 3.63. The van der Waals surface area contributed by atoms with Gasteiger partial charge in [0.05, 0.1) is 6.61 Å². The van der Waals surface area contributed by atoms with Crippen LogP contribution in [0.3, 0.4) is 0 Å². The van der Waals surface area contributed by atoms with Crippen LogP contribution in [0.1, 0.15) is 31.4 Å². The van der Waals surface area contributed by atoms with Gasteiger partial charge in [-0.2, -0.15) is 4.98 Å². The number of aryl methyl sites for hydroxylation is 1. The quantitative estimate of drug-likeness (QED) is 0.461. The molecule has 0 saturated heterocycles. The largest absolute Gasteiger partial charge is 0.396 e. The van der Waals surface area contributed by atoms with Crippen molar-refractivity contribution >= 4 is 11.8 Å². The SMILES string of the molecule is Cc1cc(NCC2(CO)CCCC2)nc(NN)n1. The lowest BCUT2D eigenvalue weighted by Gasteiger charge is -2.26. The maximum atomic E-state index is 9.54. The van der Waals surface area contributed by atoms with Gasteiger partial charge in [-0.25, -0.2) is 10.8 Å². The van der Waals surface area contributed by atoms with Crippen molar-refractivity contribution in [1.29, 1.82) is 0 Å².